The molecule has 0 aromatic carbocycles. The summed E-state index contributed by atoms with van der Waals surface area (Å²) in [7, 11) is 0. The molecule has 4 aliphatic rings. The van der Waals surface area contributed by atoms with Crippen molar-refractivity contribution in [1.29, 1.82) is 0 Å². The zero-order chi connectivity index (χ0) is 18.9. The molecule has 4 heteroatoms. The average Bonchev–Trinajstić information content (AvgIpc) is 2.74. The standard InChI is InChI=1S/C22H32O4/c1-13-15-6-7-17-21(12-15,18(13)26-14(2)23)11-8-16-20(3,4)9-5-10-22(16,17)19(24)25/h15-18H,1,5-12H2,2-4H3,(H,24,25). The van der Waals surface area contributed by atoms with E-state index >= 15 is 0 Å². The van der Waals surface area contributed by atoms with Crippen LogP contribution in [0.25, 0.3) is 0 Å². The van der Waals surface area contributed by atoms with Gasteiger partial charge in [0.2, 0.25) is 0 Å². The SMILES string of the molecule is C=C1C2CCC3C(CCC4C(C)(C)CCCC43C(=O)O)(C2)C1OC(C)=O. The highest BCUT2D eigenvalue weighted by atomic mass is 16.5. The van der Waals surface area contributed by atoms with Gasteiger partial charge in [-0.25, -0.2) is 0 Å². The van der Waals surface area contributed by atoms with Gasteiger partial charge in [-0.15, -0.1) is 0 Å². The Labute approximate surface area is 156 Å². The molecule has 6 unspecified atom stereocenters. The number of esters is 1. The quantitative estimate of drug-likeness (QED) is 0.578. The maximum Gasteiger partial charge on any atom is 0.310 e. The van der Waals surface area contributed by atoms with E-state index in [0.29, 0.717) is 5.92 Å². The first-order valence-corrected chi connectivity index (χ1v) is 10.2. The Morgan fingerprint density at radius 1 is 1.12 bits per heavy atom. The lowest BCUT2D eigenvalue weighted by Crippen LogP contribution is -2.62. The van der Waals surface area contributed by atoms with Gasteiger partial charge in [0.15, 0.2) is 0 Å². The van der Waals surface area contributed by atoms with E-state index in [1.807, 2.05) is 0 Å². The summed E-state index contributed by atoms with van der Waals surface area (Å²) in [4.78, 5) is 24.6. The first-order valence-electron chi connectivity index (χ1n) is 10.2. The fourth-order valence-electron chi connectivity index (χ4n) is 7.85. The second-order valence-corrected chi connectivity index (χ2v) is 10.1. The van der Waals surface area contributed by atoms with Crippen molar-refractivity contribution in [3.63, 3.8) is 0 Å². The maximum absolute atomic E-state index is 12.8. The van der Waals surface area contributed by atoms with Gasteiger partial charge >= 0.3 is 11.9 Å². The monoisotopic (exact) mass is 360 g/mol. The fraction of sp³-hybridized carbons (Fsp3) is 0.818. The van der Waals surface area contributed by atoms with E-state index in [1.165, 1.54) is 6.92 Å². The van der Waals surface area contributed by atoms with E-state index in [2.05, 4.69) is 20.4 Å². The number of carbonyl (C=O) groups excluding carboxylic acids is 1. The summed E-state index contributed by atoms with van der Waals surface area (Å²) in [5.74, 6) is -0.204. The Hall–Kier alpha value is -1.32. The van der Waals surface area contributed by atoms with Crippen molar-refractivity contribution in [3.05, 3.63) is 12.2 Å². The van der Waals surface area contributed by atoms with Crippen molar-refractivity contribution in [2.24, 2.45) is 34.0 Å². The van der Waals surface area contributed by atoms with Crippen LogP contribution in [0.5, 0.6) is 0 Å². The number of fused-ring (bicyclic) bond motifs is 3. The molecule has 4 rings (SSSR count). The number of hydrogen-bond acceptors (Lipinski definition) is 3. The number of carboxylic acid groups (broad SMARTS) is 1. The molecule has 0 aromatic heterocycles. The van der Waals surface area contributed by atoms with Gasteiger partial charge < -0.3 is 9.84 Å². The van der Waals surface area contributed by atoms with Gasteiger partial charge in [0.05, 0.1) is 5.41 Å². The van der Waals surface area contributed by atoms with Gasteiger partial charge in [-0.05, 0) is 73.7 Å². The number of carboxylic acids is 1. The molecule has 0 aliphatic heterocycles. The van der Waals surface area contributed by atoms with Gasteiger partial charge in [-0.3, -0.25) is 9.59 Å². The van der Waals surface area contributed by atoms with Crippen molar-refractivity contribution < 1.29 is 19.4 Å². The minimum absolute atomic E-state index is 0.0572. The highest BCUT2D eigenvalue weighted by molar-refractivity contribution is 5.77. The van der Waals surface area contributed by atoms with Crippen LogP contribution in [-0.2, 0) is 14.3 Å². The van der Waals surface area contributed by atoms with Crippen LogP contribution < -0.4 is 0 Å². The zero-order valence-electron chi connectivity index (χ0n) is 16.3. The van der Waals surface area contributed by atoms with E-state index < -0.39 is 11.4 Å². The van der Waals surface area contributed by atoms with Crippen LogP contribution in [0.4, 0.5) is 0 Å². The molecule has 6 atom stereocenters. The van der Waals surface area contributed by atoms with Gasteiger partial charge in [0.1, 0.15) is 6.10 Å². The summed E-state index contributed by atoms with van der Waals surface area (Å²) in [5, 5.41) is 10.5. The molecule has 0 amide bonds. The first kappa shape index (κ1) is 18.1. The lowest BCUT2D eigenvalue weighted by molar-refractivity contribution is -0.206. The molecule has 1 spiro atoms. The summed E-state index contributed by atoms with van der Waals surface area (Å²) < 4.78 is 5.82. The van der Waals surface area contributed by atoms with Crippen LogP contribution in [0.15, 0.2) is 12.2 Å². The van der Waals surface area contributed by atoms with Crippen LogP contribution in [-0.4, -0.2) is 23.1 Å². The molecule has 4 fully saturated rings. The third-order valence-corrected chi connectivity index (χ3v) is 8.69. The van der Waals surface area contributed by atoms with Crippen molar-refractivity contribution in [2.45, 2.75) is 78.2 Å². The molecule has 0 heterocycles. The molecule has 4 saturated carbocycles. The van der Waals surface area contributed by atoms with E-state index in [0.717, 1.165) is 56.9 Å². The fourth-order valence-corrected chi connectivity index (χ4v) is 7.85. The van der Waals surface area contributed by atoms with E-state index in [9.17, 15) is 14.7 Å². The highest BCUT2D eigenvalue weighted by Gasteiger charge is 2.71. The number of carbonyl (C=O) groups is 2. The van der Waals surface area contributed by atoms with E-state index in [4.69, 9.17) is 4.74 Å². The molecule has 0 radical (unpaired) electrons. The molecule has 1 N–H and O–H groups in total. The van der Waals surface area contributed by atoms with Crippen molar-refractivity contribution in [1.82, 2.24) is 0 Å². The Morgan fingerprint density at radius 3 is 2.50 bits per heavy atom. The topological polar surface area (TPSA) is 63.6 Å². The number of ether oxygens (including phenoxy) is 1. The van der Waals surface area contributed by atoms with Crippen LogP contribution in [0.2, 0.25) is 0 Å². The zero-order valence-corrected chi connectivity index (χ0v) is 16.3. The molecule has 26 heavy (non-hydrogen) atoms. The Kier molecular flexibility index (Phi) is 3.88. The van der Waals surface area contributed by atoms with E-state index in [1.54, 1.807) is 0 Å². The van der Waals surface area contributed by atoms with Crippen LogP contribution in [0.3, 0.4) is 0 Å². The Morgan fingerprint density at radius 2 is 1.85 bits per heavy atom. The lowest BCUT2D eigenvalue weighted by atomic mass is 9.40. The molecule has 0 aromatic rings. The van der Waals surface area contributed by atoms with Gasteiger partial charge in [-0.2, -0.15) is 0 Å². The summed E-state index contributed by atoms with van der Waals surface area (Å²) in [6, 6.07) is 0. The summed E-state index contributed by atoms with van der Waals surface area (Å²) in [6.07, 6.45) is 7.33. The van der Waals surface area contributed by atoms with Crippen molar-refractivity contribution >= 4 is 11.9 Å². The minimum atomic E-state index is -0.673. The highest BCUT2D eigenvalue weighted by Crippen LogP contribution is 2.72. The van der Waals surface area contributed by atoms with Gasteiger partial charge in [0, 0.05) is 12.3 Å². The van der Waals surface area contributed by atoms with Gasteiger partial charge in [-0.1, -0.05) is 26.8 Å². The molecular formula is C22H32O4. The number of rotatable bonds is 2. The third-order valence-electron chi connectivity index (χ3n) is 8.69. The third kappa shape index (κ3) is 2.13. The van der Waals surface area contributed by atoms with Crippen molar-refractivity contribution in [2.75, 3.05) is 0 Å². The second-order valence-electron chi connectivity index (χ2n) is 10.1. The van der Waals surface area contributed by atoms with E-state index in [-0.39, 0.29) is 34.7 Å². The maximum atomic E-state index is 12.8. The summed E-state index contributed by atoms with van der Waals surface area (Å²) in [5.41, 5.74) is 0.209. The van der Waals surface area contributed by atoms with Crippen molar-refractivity contribution in [3.8, 4) is 0 Å². The van der Waals surface area contributed by atoms with Crippen LogP contribution in [0, 0.1) is 34.0 Å². The summed E-state index contributed by atoms with van der Waals surface area (Å²) in [6.45, 7) is 10.3. The number of hydrogen-bond donors (Lipinski definition) is 1. The normalized spacial score (nSPS) is 46.2. The lowest BCUT2D eigenvalue weighted by Gasteiger charge is -2.63. The smallest absolute Gasteiger partial charge is 0.310 e. The number of aliphatic carboxylic acids is 1. The Bertz CT molecular complexity index is 665. The van der Waals surface area contributed by atoms with Crippen LogP contribution >= 0.6 is 0 Å². The molecule has 2 bridgehead atoms. The molecular weight excluding hydrogens is 328 g/mol. The first-order chi connectivity index (χ1) is 12.1. The summed E-state index contributed by atoms with van der Waals surface area (Å²) >= 11 is 0. The van der Waals surface area contributed by atoms with Gasteiger partial charge in [0.25, 0.3) is 0 Å². The Balaban J connectivity index is 1.84. The van der Waals surface area contributed by atoms with Crippen LogP contribution in [0.1, 0.15) is 72.1 Å². The molecule has 4 nitrogen and oxygen atoms in total. The minimum Gasteiger partial charge on any atom is -0.481 e. The molecule has 4 aliphatic carbocycles. The predicted molar refractivity (Wildman–Crippen MR) is 98.4 cm³/mol. The molecule has 144 valence electrons. The second kappa shape index (κ2) is 5.59. The molecule has 0 saturated heterocycles. The average molecular weight is 360 g/mol. The largest absolute Gasteiger partial charge is 0.481 e. The predicted octanol–water partition coefficient (Wildman–Crippen LogP) is 4.58.